The molecule has 3 aromatic carbocycles. The molecular formula is C24H21N3O. The number of imidazole rings is 1. The van der Waals surface area contributed by atoms with Crippen LogP contribution >= 0.6 is 0 Å². The van der Waals surface area contributed by atoms with Crippen LogP contribution in [0.25, 0.3) is 11.0 Å². The van der Waals surface area contributed by atoms with Crippen molar-refractivity contribution in [3.63, 3.8) is 0 Å². The zero-order chi connectivity index (χ0) is 19.1. The molecule has 4 nitrogen and oxygen atoms in total. The van der Waals surface area contributed by atoms with Gasteiger partial charge in [0.15, 0.2) is 0 Å². The molecule has 28 heavy (non-hydrogen) atoms. The lowest BCUT2D eigenvalue weighted by Crippen LogP contribution is -2.42. The number of amides is 1. The number of para-hydroxylation sites is 2. The van der Waals surface area contributed by atoms with Crippen molar-refractivity contribution in [3.8, 4) is 0 Å². The van der Waals surface area contributed by atoms with Crippen LogP contribution in [0, 0.1) is 6.92 Å². The van der Waals surface area contributed by atoms with Crippen LogP contribution in [0.5, 0.6) is 0 Å². The minimum atomic E-state index is -0.388. The quantitative estimate of drug-likeness (QED) is 0.536. The van der Waals surface area contributed by atoms with E-state index in [1.54, 1.807) is 0 Å². The third-order valence-electron chi connectivity index (χ3n) is 5.41. The highest BCUT2D eigenvalue weighted by Crippen LogP contribution is 2.33. The Kier molecular flexibility index (Phi) is 3.97. The van der Waals surface area contributed by atoms with E-state index in [0.717, 1.165) is 28.0 Å². The summed E-state index contributed by atoms with van der Waals surface area (Å²) in [6, 6.07) is 26.1. The van der Waals surface area contributed by atoms with E-state index in [1.807, 2.05) is 47.4 Å². The largest absolute Gasteiger partial charge is 0.329 e. The van der Waals surface area contributed by atoms with Gasteiger partial charge in [-0.1, -0.05) is 72.3 Å². The van der Waals surface area contributed by atoms with E-state index < -0.39 is 0 Å². The van der Waals surface area contributed by atoms with Crippen molar-refractivity contribution in [2.75, 3.05) is 0 Å². The summed E-state index contributed by atoms with van der Waals surface area (Å²) in [5.74, 6) is 1.05. The SMILES string of the molecule is Cc1ccc(C2C(=O)N(Cc3ccccc3)Cc3nc4ccccc4n32)cc1. The lowest BCUT2D eigenvalue weighted by atomic mass is 10.0. The Labute approximate surface area is 164 Å². The lowest BCUT2D eigenvalue weighted by molar-refractivity contribution is -0.136. The molecule has 0 spiro atoms. The number of aromatic nitrogens is 2. The van der Waals surface area contributed by atoms with Gasteiger partial charge in [-0.25, -0.2) is 4.98 Å². The molecule has 0 bridgehead atoms. The number of hydrogen-bond donors (Lipinski definition) is 0. The molecule has 1 aromatic heterocycles. The van der Waals surface area contributed by atoms with E-state index in [1.165, 1.54) is 5.56 Å². The van der Waals surface area contributed by atoms with Crippen molar-refractivity contribution in [3.05, 3.63) is 101 Å². The molecule has 1 aliphatic rings. The van der Waals surface area contributed by atoms with E-state index in [4.69, 9.17) is 4.98 Å². The second kappa shape index (κ2) is 6.64. The molecule has 1 atom stereocenters. The summed E-state index contributed by atoms with van der Waals surface area (Å²) in [4.78, 5) is 20.4. The highest BCUT2D eigenvalue weighted by Gasteiger charge is 2.36. The summed E-state index contributed by atoms with van der Waals surface area (Å²) in [5.41, 5.74) is 5.25. The Balaban J connectivity index is 1.64. The van der Waals surface area contributed by atoms with Crippen molar-refractivity contribution in [1.29, 1.82) is 0 Å². The van der Waals surface area contributed by atoms with Crippen LogP contribution in [-0.2, 0) is 17.9 Å². The number of carbonyl (C=O) groups is 1. The van der Waals surface area contributed by atoms with Gasteiger partial charge in [0, 0.05) is 6.54 Å². The van der Waals surface area contributed by atoms with Crippen molar-refractivity contribution in [1.82, 2.24) is 14.5 Å². The number of carbonyl (C=O) groups excluding carboxylic acids is 1. The number of aryl methyl sites for hydroxylation is 1. The maximum Gasteiger partial charge on any atom is 0.251 e. The predicted molar refractivity (Wildman–Crippen MR) is 110 cm³/mol. The van der Waals surface area contributed by atoms with Crippen LogP contribution in [0.3, 0.4) is 0 Å². The first kappa shape index (κ1) is 16.8. The van der Waals surface area contributed by atoms with E-state index in [0.29, 0.717) is 13.1 Å². The molecule has 1 amide bonds. The number of nitrogens with zero attached hydrogens (tertiary/aromatic N) is 3. The van der Waals surface area contributed by atoms with Gasteiger partial charge in [-0.3, -0.25) is 4.79 Å². The van der Waals surface area contributed by atoms with Crippen LogP contribution in [0.2, 0.25) is 0 Å². The smallest absolute Gasteiger partial charge is 0.251 e. The van der Waals surface area contributed by atoms with Crippen LogP contribution in [0.1, 0.15) is 28.6 Å². The monoisotopic (exact) mass is 367 g/mol. The summed E-state index contributed by atoms with van der Waals surface area (Å²) in [5, 5.41) is 0. The van der Waals surface area contributed by atoms with E-state index >= 15 is 0 Å². The Morgan fingerprint density at radius 2 is 1.64 bits per heavy atom. The van der Waals surface area contributed by atoms with Crippen molar-refractivity contribution in [2.24, 2.45) is 0 Å². The maximum atomic E-state index is 13.6. The molecule has 0 fully saturated rings. The van der Waals surface area contributed by atoms with Gasteiger partial charge in [0.2, 0.25) is 0 Å². The summed E-state index contributed by atoms with van der Waals surface area (Å²) in [6.07, 6.45) is 0. The van der Waals surface area contributed by atoms with Crippen LogP contribution in [-0.4, -0.2) is 20.4 Å². The third-order valence-corrected chi connectivity index (χ3v) is 5.41. The molecule has 4 heteroatoms. The fourth-order valence-corrected chi connectivity index (χ4v) is 4.00. The van der Waals surface area contributed by atoms with E-state index in [-0.39, 0.29) is 11.9 Å². The molecule has 0 N–H and O–H groups in total. The summed E-state index contributed by atoms with van der Waals surface area (Å²) in [7, 11) is 0. The van der Waals surface area contributed by atoms with Crippen LogP contribution in [0.15, 0.2) is 78.9 Å². The molecule has 0 aliphatic carbocycles. The van der Waals surface area contributed by atoms with Crippen molar-refractivity contribution >= 4 is 16.9 Å². The zero-order valence-corrected chi connectivity index (χ0v) is 15.7. The second-order valence-electron chi connectivity index (χ2n) is 7.38. The van der Waals surface area contributed by atoms with Crippen molar-refractivity contribution in [2.45, 2.75) is 26.1 Å². The van der Waals surface area contributed by atoms with Gasteiger partial charge in [-0.2, -0.15) is 0 Å². The molecule has 4 aromatic rings. The molecule has 5 rings (SSSR count). The molecule has 0 saturated carbocycles. The first-order valence-electron chi connectivity index (χ1n) is 9.56. The Morgan fingerprint density at radius 3 is 2.43 bits per heavy atom. The average Bonchev–Trinajstić information content (AvgIpc) is 3.08. The van der Waals surface area contributed by atoms with Crippen LogP contribution < -0.4 is 0 Å². The number of benzene rings is 3. The Morgan fingerprint density at radius 1 is 0.929 bits per heavy atom. The Bertz CT molecular complexity index is 1150. The van der Waals surface area contributed by atoms with Gasteiger partial charge >= 0.3 is 0 Å². The summed E-state index contributed by atoms with van der Waals surface area (Å²) < 4.78 is 2.11. The highest BCUT2D eigenvalue weighted by atomic mass is 16.2. The maximum absolute atomic E-state index is 13.6. The fourth-order valence-electron chi connectivity index (χ4n) is 4.00. The van der Waals surface area contributed by atoms with Gasteiger partial charge in [0.1, 0.15) is 11.9 Å². The minimum absolute atomic E-state index is 0.114. The minimum Gasteiger partial charge on any atom is -0.329 e. The standard InChI is InChI=1S/C24H21N3O/c1-17-11-13-19(14-12-17)23-24(28)26(15-18-7-3-2-4-8-18)16-22-25-20-9-5-6-10-21(20)27(22)23/h2-14,23H,15-16H2,1H3. The fraction of sp³-hybridized carbons (Fsp3) is 0.167. The third kappa shape index (κ3) is 2.78. The zero-order valence-electron chi connectivity index (χ0n) is 15.7. The molecule has 1 aliphatic heterocycles. The first-order chi connectivity index (χ1) is 13.7. The molecule has 138 valence electrons. The number of rotatable bonds is 3. The van der Waals surface area contributed by atoms with E-state index in [9.17, 15) is 4.79 Å². The summed E-state index contributed by atoms with van der Waals surface area (Å²) in [6.45, 7) is 3.17. The highest BCUT2D eigenvalue weighted by molar-refractivity contribution is 5.88. The van der Waals surface area contributed by atoms with Crippen LogP contribution in [0.4, 0.5) is 0 Å². The molecule has 0 saturated heterocycles. The van der Waals surface area contributed by atoms with Gasteiger partial charge in [0.05, 0.1) is 17.6 Å². The van der Waals surface area contributed by atoms with Gasteiger partial charge < -0.3 is 9.47 Å². The lowest BCUT2D eigenvalue weighted by Gasteiger charge is -2.34. The molecule has 1 unspecified atom stereocenters. The first-order valence-corrected chi connectivity index (χ1v) is 9.56. The summed E-state index contributed by atoms with van der Waals surface area (Å²) >= 11 is 0. The van der Waals surface area contributed by atoms with Gasteiger partial charge in [-0.15, -0.1) is 0 Å². The second-order valence-corrected chi connectivity index (χ2v) is 7.38. The Hall–Kier alpha value is -3.40. The molecule has 2 heterocycles. The molecule has 0 radical (unpaired) electrons. The molecular weight excluding hydrogens is 346 g/mol. The number of fused-ring (bicyclic) bond motifs is 3. The van der Waals surface area contributed by atoms with Gasteiger partial charge in [0.25, 0.3) is 5.91 Å². The van der Waals surface area contributed by atoms with E-state index in [2.05, 4.69) is 47.9 Å². The normalized spacial score (nSPS) is 16.4. The van der Waals surface area contributed by atoms with Crippen molar-refractivity contribution < 1.29 is 4.79 Å². The van der Waals surface area contributed by atoms with Gasteiger partial charge in [-0.05, 0) is 30.2 Å². The topological polar surface area (TPSA) is 38.1 Å². The number of hydrogen-bond acceptors (Lipinski definition) is 2. The average molecular weight is 367 g/mol. The predicted octanol–water partition coefficient (Wildman–Crippen LogP) is 4.48.